The third-order valence-electron chi connectivity index (χ3n) is 4.31. The van der Waals surface area contributed by atoms with Crippen LogP contribution in [0, 0.1) is 5.92 Å². The molecule has 1 aliphatic heterocycles. The van der Waals surface area contributed by atoms with Crippen LogP contribution in [0.15, 0.2) is 0 Å². The standard InChI is InChI=1S/C12H22BClO2/c1-11(2)12(3,4)16-13(15-11)10-8-9(10)6-5-7-14/h9-10H,5-8H2,1-4H3/t9-,10?/m1/s1. The second kappa shape index (κ2) is 4.18. The second-order valence-corrected chi connectivity index (χ2v) is 6.49. The Hall–Kier alpha value is 0.275. The van der Waals surface area contributed by atoms with Crippen molar-refractivity contribution in [2.75, 3.05) is 5.88 Å². The molecule has 0 spiro atoms. The number of alkyl halides is 1. The molecule has 0 aromatic carbocycles. The normalized spacial score (nSPS) is 35.4. The van der Waals surface area contributed by atoms with Crippen molar-refractivity contribution in [3.63, 3.8) is 0 Å². The first-order chi connectivity index (χ1) is 7.37. The molecule has 0 aromatic rings. The largest absolute Gasteiger partial charge is 0.461 e. The average Bonchev–Trinajstić information content (AvgIpc) is 2.87. The van der Waals surface area contributed by atoms with Gasteiger partial charge in [0.15, 0.2) is 0 Å². The van der Waals surface area contributed by atoms with E-state index in [1.54, 1.807) is 0 Å². The zero-order valence-electron chi connectivity index (χ0n) is 10.8. The van der Waals surface area contributed by atoms with Crippen LogP contribution in [0.4, 0.5) is 0 Å². The van der Waals surface area contributed by atoms with E-state index in [0.717, 1.165) is 18.2 Å². The van der Waals surface area contributed by atoms with Crippen molar-refractivity contribution >= 4 is 18.7 Å². The van der Waals surface area contributed by atoms with Crippen molar-refractivity contribution in [2.24, 2.45) is 5.92 Å². The van der Waals surface area contributed by atoms with Crippen molar-refractivity contribution in [3.05, 3.63) is 0 Å². The van der Waals surface area contributed by atoms with Crippen LogP contribution in [0.25, 0.3) is 0 Å². The number of hydrogen-bond acceptors (Lipinski definition) is 2. The van der Waals surface area contributed by atoms with Crippen molar-refractivity contribution in [1.29, 1.82) is 0 Å². The minimum atomic E-state index is -0.183. The maximum atomic E-state index is 6.04. The Morgan fingerprint density at radius 3 is 2.25 bits per heavy atom. The van der Waals surface area contributed by atoms with E-state index in [9.17, 15) is 0 Å². The van der Waals surface area contributed by atoms with Gasteiger partial charge in [-0.3, -0.25) is 0 Å². The lowest BCUT2D eigenvalue weighted by molar-refractivity contribution is 0.00578. The van der Waals surface area contributed by atoms with Gasteiger partial charge < -0.3 is 9.31 Å². The van der Waals surface area contributed by atoms with Gasteiger partial charge >= 0.3 is 7.12 Å². The van der Waals surface area contributed by atoms with Crippen LogP contribution in [0.1, 0.15) is 47.0 Å². The number of rotatable bonds is 4. The minimum absolute atomic E-state index is 0.00493. The summed E-state index contributed by atoms with van der Waals surface area (Å²) < 4.78 is 12.1. The molecule has 0 amide bonds. The third kappa shape index (κ3) is 2.27. The predicted molar refractivity (Wildman–Crippen MR) is 67.9 cm³/mol. The summed E-state index contributed by atoms with van der Waals surface area (Å²) in [4.78, 5) is 0. The van der Waals surface area contributed by atoms with Gasteiger partial charge in [-0.05, 0) is 58.7 Å². The molecular formula is C12H22BClO2. The fourth-order valence-electron chi connectivity index (χ4n) is 2.34. The Balaban J connectivity index is 1.86. The SMILES string of the molecule is CC1(C)OB(C2C[C@H]2CCCCl)OC1(C)C. The predicted octanol–water partition coefficient (Wildman–Crippen LogP) is 3.49. The van der Waals surface area contributed by atoms with Gasteiger partial charge in [0.05, 0.1) is 11.2 Å². The lowest BCUT2D eigenvalue weighted by Gasteiger charge is -2.32. The maximum Gasteiger partial charge on any atom is 0.461 e. The summed E-state index contributed by atoms with van der Waals surface area (Å²) >= 11 is 5.71. The molecule has 2 fully saturated rings. The lowest BCUT2D eigenvalue weighted by atomic mass is 9.80. The molecule has 1 saturated heterocycles. The molecule has 1 heterocycles. The summed E-state index contributed by atoms with van der Waals surface area (Å²) in [6.45, 7) is 8.46. The topological polar surface area (TPSA) is 18.5 Å². The highest BCUT2D eigenvalue weighted by Crippen LogP contribution is 2.54. The molecule has 16 heavy (non-hydrogen) atoms. The van der Waals surface area contributed by atoms with E-state index >= 15 is 0 Å². The Kier molecular flexibility index (Phi) is 3.33. The molecule has 2 aliphatic rings. The second-order valence-electron chi connectivity index (χ2n) is 6.12. The molecule has 0 aromatic heterocycles. The fourth-order valence-corrected chi connectivity index (χ4v) is 2.49. The molecule has 1 aliphatic carbocycles. The quantitative estimate of drug-likeness (QED) is 0.557. The van der Waals surface area contributed by atoms with Crippen molar-refractivity contribution < 1.29 is 9.31 Å². The number of halogens is 1. The Morgan fingerprint density at radius 2 is 1.75 bits per heavy atom. The molecule has 4 heteroatoms. The first kappa shape index (κ1) is 12.7. The lowest BCUT2D eigenvalue weighted by Crippen LogP contribution is -2.41. The Bertz CT molecular complexity index is 252. The zero-order valence-corrected chi connectivity index (χ0v) is 11.5. The van der Waals surface area contributed by atoms with E-state index in [0.29, 0.717) is 5.82 Å². The molecule has 1 unspecified atom stereocenters. The first-order valence-electron chi connectivity index (χ1n) is 6.29. The monoisotopic (exact) mass is 244 g/mol. The van der Waals surface area contributed by atoms with Gasteiger partial charge in [0.25, 0.3) is 0 Å². The number of hydrogen-bond donors (Lipinski definition) is 0. The van der Waals surface area contributed by atoms with Crippen molar-refractivity contribution in [1.82, 2.24) is 0 Å². The Labute approximate surface area is 104 Å². The third-order valence-corrected chi connectivity index (χ3v) is 4.57. The molecule has 2 rings (SSSR count). The zero-order chi connectivity index (χ0) is 12.0. The van der Waals surface area contributed by atoms with Gasteiger partial charge in [0, 0.05) is 5.88 Å². The van der Waals surface area contributed by atoms with Gasteiger partial charge in [-0.2, -0.15) is 0 Å². The van der Waals surface area contributed by atoms with E-state index in [2.05, 4.69) is 27.7 Å². The fraction of sp³-hybridized carbons (Fsp3) is 1.00. The van der Waals surface area contributed by atoms with Crippen LogP contribution in [0.3, 0.4) is 0 Å². The molecule has 2 nitrogen and oxygen atoms in total. The molecular weight excluding hydrogens is 222 g/mol. The molecule has 2 atom stereocenters. The van der Waals surface area contributed by atoms with Crippen LogP contribution in [-0.2, 0) is 9.31 Å². The van der Waals surface area contributed by atoms with Crippen LogP contribution < -0.4 is 0 Å². The summed E-state index contributed by atoms with van der Waals surface area (Å²) in [5.41, 5.74) is -0.366. The highest BCUT2D eigenvalue weighted by Gasteiger charge is 2.59. The summed E-state index contributed by atoms with van der Waals surface area (Å²) in [5, 5.41) is 0. The molecule has 0 N–H and O–H groups in total. The van der Waals surface area contributed by atoms with Crippen LogP contribution in [0.2, 0.25) is 5.82 Å². The van der Waals surface area contributed by atoms with Gasteiger partial charge in [0.1, 0.15) is 0 Å². The summed E-state index contributed by atoms with van der Waals surface area (Å²) in [6.07, 6.45) is 3.58. The van der Waals surface area contributed by atoms with E-state index < -0.39 is 0 Å². The van der Waals surface area contributed by atoms with E-state index in [-0.39, 0.29) is 18.3 Å². The smallest absolute Gasteiger partial charge is 0.403 e. The van der Waals surface area contributed by atoms with Gasteiger partial charge in [-0.15, -0.1) is 11.6 Å². The van der Waals surface area contributed by atoms with E-state index in [1.165, 1.54) is 12.8 Å². The minimum Gasteiger partial charge on any atom is -0.403 e. The van der Waals surface area contributed by atoms with Crippen molar-refractivity contribution in [2.45, 2.75) is 64.0 Å². The summed E-state index contributed by atoms with van der Waals surface area (Å²) in [7, 11) is 0.00493. The molecule has 0 radical (unpaired) electrons. The molecule has 92 valence electrons. The first-order valence-corrected chi connectivity index (χ1v) is 6.82. The van der Waals surface area contributed by atoms with E-state index in [1.807, 2.05) is 0 Å². The highest BCUT2D eigenvalue weighted by molar-refractivity contribution is 6.48. The van der Waals surface area contributed by atoms with Crippen LogP contribution in [0.5, 0.6) is 0 Å². The highest BCUT2D eigenvalue weighted by atomic mass is 35.5. The van der Waals surface area contributed by atoms with Gasteiger partial charge in [-0.1, -0.05) is 0 Å². The van der Waals surface area contributed by atoms with Crippen LogP contribution in [-0.4, -0.2) is 24.2 Å². The van der Waals surface area contributed by atoms with E-state index in [4.69, 9.17) is 20.9 Å². The van der Waals surface area contributed by atoms with Crippen LogP contribution >= 0.6 is 11.6 Å². The van der Waals surface area contributed by atoms with Gasteiger partial charge in [-0.25, -0.2) is 0 Å². The van der Waals surface area contributed by atoms with Crippen molar-refractivity contribution in [3.8, 4) is 0 Å². The molecule has 1 saturated carbocycles. The summed E-state index contributed by atoms with van der Waals surface area (Å²) in [6, 6.07) is 0. The van der Waals surface area contributed by atoms with Gasteiger partial charge in [0.2, 0.25) is 0 Å². The Morgan fingerprint density at radius 1 is 1.19 bits per heavy atom. The molecule has 0 bridgehead atoms. The maximum absolute atomic E-state index is 6.04. The summed E-state index contributed by atoms with van der Waals surface area (Å²) in [5.74, 6) is 2.14. The average molecular weight is 245 g/mol.